The van der Waals surface area contributed by atoms with Crippen molar-refractivity contribution in [1.82, 2.24) is 10.2 Å². The predicted molar refractivity (Wildman–Crippen MR) is 94.9 cm³/mol. The molecule has 0 aliphatic rings. The molecule has 0 saturated carbocycles. The number of nitro groups is 1. The molecule has 1 heterocycles. The summed E-state index contributed by atoms with van der Waals surface area (Å²) in [6.45, 7) is 1.55. The lowest BCUT2D eigenvalue weighted by Gasteiger charge is -2.05. The summed E-state index contributed by atoms with van der Waals surface area (Å²) < 4.78 is 0. The van der Waals surface area contributed by atoms with E-state index in [2.05, 4.69) is 15.5 Å². The fourth-order valence-electron chi connectivity index (χ4n) is 2.38. The third kappa shape index (κ3) is 3.86. The van der Waals surface area contributed by atoms with Crippen molar-refractivity contribution in [2.75, 3.05) is 5.32 Å². The third-order valence-electron chi connectivity index (χ3n) is 3.63. The Kier molecular flexibility index (Phi) is 4.80. The van der Waals surface area contributed by atoms with Crippen molar-refractivity contribution in [2.24, 2.45) is 0 Å². The number of hydrogen-bond acceptors (Lipinski definition) is 6. The van der Waals surface area contributed by atoms with Gasteiger partial charge in [0.15, 0.2) is 0 Å². The Morgan fingerprint density at radius 1 is 1.16 bits per heavy atom. The predicted octanol–water partition coefficient (Wildman–Crippen LogP) is 3.60. The minimum atomic E-state index is -0.505. The SMILES string of the molecule is Cc1c(C(=O)Nc2nnc(Cc3ccccc3)s2)cccc1[N+](=O)[O-]. The largest absolute Gasteiger partial charge is 0.296 e. The number of nitrogens with one attached hydrogen (secondary N) is 1. The van der Waals surface area contributed by atoms with E-state index in [0.29, 0.717) is 17.1 Å². The van der Waals surface area contributed by atoms with Crippen LogP contribution in [0.1, 0.15) is 26.5 Å². The minimum Gasteiger partial charge on any atom is -0.296 e. The maximum atomic E-state index is 12.4. The average molecular weight is 354 g/mol. The first-order valence-corrected chi connectivity index (χ1v) is 8.28. The van der Waals surface area contributed by atoms with Crippen LogP contribution in [0.4, 0.5) is 10.8 Å². The van der Waals surface area contributed by atoms with Crippen LogP contribution in [-0.4, -0.2) is 21.0 Å². The lowest BCUT2D eigenvalue weighted by molar-refractivity contribution is -0.385. The molecule has 8 heteroatoms. The zero-order valence-corrected chi connectivity index (χ0v) is 14.1. The number of nitrogens with zero attached hydrogens (tertiary/aromatic N) is 3. The quantitative estimate of drug-likeness (QED) is 0.557. The number of hydrogen-bond donors (Lipinski definition) is 1. The first-order chi connectivity index (χ1) is 12.0. The first-order valence-electron chi connectivity index (χ1n) is 7.46. The number of nitro benzene ring substituents is 1. The summed E-state index contributed by atoms with van der Waals surface area (Å²) in [5.74, 6) is -0.441. The summed E-state index contributed by atoms with van der Waals surface area (Å²) in [5.41, 5.74) is 1.58. The van der Waals surface area contributed by atoms with Gasteiger partial charge in [0.2, 0.25) is 5.13 Å². The highest BCUT2D eigenvalue weighted by Gasteiger charge is 2.19. The second-order valence-corrected chi connectivity index (χ2v) is 6.39. The fourth-order valence-corrected chi connectivity index (χ4v) is 3.15. The first kappa shape index (κ1) is 16.7. The molecule has 25 heavy (non-hydrogen) atoms. The minimum absolute atomic E-state index is 0.0883. The van der Waals surface area contributed by atoms with Crippen LogP contribution in [-0.2, 0) is 6.42 Å². The molecule has 7 nitrogen and oxygen atoms in total. The highest BCUT2D eigenvalue weighted by atomic mass is 32.1. The average Bonchev–Trinajstić information content (AvgIpc) is 3.02. The molecular weight excluding hydrogens is 340 g/mol. The Labute approximate surface area is 147 Å². The molecule has 126 valence electrons. The van der Waals surface area contributed by atoms with Crippen LogP contribution in [0.15, 0.2) is 48.5 Å². The van der Waals surface area contributed by atoms with E-state index in [0.717, 1.165) is 10.6 Å². The van der Waals surface area contributed by atoms with E-state index < -0.39 is 10.8 Å². The number of benzene rings is 2. The van der Waals surface area contributed by atoms with Crippen molar-refractivity contribution in [3.8, 4) is 0 Å². The fraction of sp³-hybridized carbons (Fsp3) is 0.118. The molecule has 3 aromatic rings. The monoisotopic (exact) mass is 354 g/mol. The van der Waals surface area contributed by atoms with E-state index in [4.69, 9.17) is 0 Å². The van der Waals surface area contributed by atoms with Crippen molar-refractivity contribution in [2.45, 2.75) is 13.3 Å². The van der Waals surface area contributed by atoms with Gasteiger partial charge in [-0.05, 0) is 18.6 Å². The Hall–Kier alpha value is -3.13. The lowest BCUT2D eigenvalue weighted by Crippen LogP contribution is -2.14. The molecule has 0 bridgehead atoms. The van der Waals surface area contributed by atoms with Gasteiger partial charge in [-0.2, -0.15) is 0 Å². The zero-order valence-electron chi connectivity index (χ0n) is 13.3. The van der Waals surface area contributed by atoms with Gasteiger partial charge in [0, 0.05) is 23.6 Å². The van der Waals surface area contributed by atoms with Gasteiger partial charge < -0.3 is 0 Å². The zero-order chi connectivity index (χ0) is 17.8. The second-order valence-electron chi connectivity index (χ2n) is 5.32. The number of carbonyl (C=O) groups is 1. The Bertz CT molecular complexity index is 925. The van der Waals surface area contributed by atoms with Crippen LogP contribution >= 0.6 is 11.3 Å². The second kappa shape index (κ2) is 7.18. The van der Waals surface area contributed by atoms with Gasteiger partial charge in [-0.3, -0.25) is 20.2 Å². The Morgan fingerprint density at radius 3 is 2.64 bits per heavy atom. The van der Waals surface area contributed by atoms with Gasteiger partial charge in [-0.25, -0.2) is 0 Å². The van der Waals surface area contributed by atoms with Crippen molar-refractivity contribution in [3.05, 3.63) is 80.3 Å². The molecule has 0 radical (unpaired) electrons. The molecule has 0 spiro atoms. The summed E-state index contributed by atoms with van der Waals surface area (Å²) in [5, 5.41) is 22.8. The maximum absolute atomic E-state index is 12.4. The van der Waals surface area contributed by atoms with Gasteiger partial charge in [0.1, 0.15) is 5.01 Å². The van der Waals surface area contributed by atoms with E-state index in [-0.39, 0.29) is 11.3 Å². The van der Waals surface area contributed by atoms with E-state index in [1.165, 1.54) is 23.5 Å². The van der Waals surface area contributed by atoms with E-state index in [9.17, 15) is 14.9 Å². The van der Waals surface area contributed by atoms with E-state index in [1.54, 1.807) is 13.0 Å². The van der Waals surface area contributed by atoms with Gasteiger partial charge in [-0.15, -0.1) is 10.2 Å². The summed E-state index contributed by atoms with van der Waals surface area (Å²) in [6.07, 6.45) is 0.629. The molecule has 0 atom stereocenters. The number of carbonyl (C=O) groups excluding carboxylic acids is 1. The lowest BCUT2D eigenvalue weighted by atomic mass is 10.1. The van der Waals surface area contributed by atoms with Crippen LogP contribution < -0.4 is 5.32 Å². The highest BCUT2D eigenvalue weighted by Crippen LogP contribution is 2.23. The van der Waals surface area contributed by atoms with E-state index in [1.807, 2.05) is 30.3 Å². The molecule has 1 aromatic heterocycles. The Balaban J connectivity index is 1.74. The van der Waals surface area contributed by atoms with Gasteiger partial charge >= 0.3 is 0 Å². The van der Waals surface area contributed by atoms with Crippen LogP contribution in [0, 0.1) is 17.0 Å². The summed E-state index contributed by atoms with van der Waals surface area (Å²) >= 11 is 1.28. The number of amides is 1. The summed E-state index contributed by atoms with van der Waals surface area (Å²) in [4.78, 5) is 22.9. The number of aromatic nitrogens is 2. The van der Waals surface area contributed by atoms with Crippen LogP contribution in [0.5, 0.6) is 0 Å². The van der Waals surface area contributed by atoms with Gasteiger partial charge in [-0.1, -0.05) is 47.7 Å². The molecule has 0 fully saturated rings. The third-order valence-corrected chi connectivity index (χ3v) is 4.47. The van der Waals surface area contributed by atoms with Gasteiger partial charge in [0.25, 0.3) is 11.6 Å². The molecule has 2 aromatic carbocycles. The number of anilines is 1. The molecule has 0 unspecified atom stereocenters. The van der Waals surface area contributed by atoms with Crippen molar-refractivity contribution < 1.29 is 9.72 Å². The van der Waals surface area contributed by atoms with Crippen molar-refractivity contribution in [3.63, 3.8) is 0 Å². The van der Waals surface area contributed by atoms with Gasteiger partial charge in [0.05, 0.1) is 4.92 Å². The highest BCUT2D eigenvalue weighted by molar-refractivity contribution is 7.15. The molecule has 1 amide bonds. The van der Waals surface area contributed by atoms with Crippen LogP contribution in [0.3, 0.4) is 0 Å². The molecular formula is C17H14N4O3S. The normalized spacial score (nSPS) is 10.4. The summed E-state index contributed by atoms with van der Waals surface area (Å²) in [6, 6.07) is 14.2. The van der Waals surface area contributed by atoms with Crippen molar-refractivity contribution >= 4 is 28.1 Å². The summed E-state index contributed by atoms with van der Waals surface area (Å²) in [7, 11) is 0. The standard InChI is InChI=1S/C17H14N4O3S/c1-11-13(8-5-9-14(11)21(23)24)16(22)18-17-20-19-15(25-17)10-12-6-3-2-4-7-12/h2-9H,10H2,1H3,(H,18,20,22). The Morgan fingerprint density at radius 2 is 1.92 bits per heavy atom. The maximum Gasteiger partial charge on any atom is 0.273 e. The molecule has 3 rings (SSSR count). The molecule has 0 aliphatic carbocycles. The van der Waals surface area contributed by atoms with Crippen molar-refractivity contribution in [1.29, 1.82) is 0 Å². The molecule has 0 aliphatic heterocycles. The molecule has 1 N–H and O–H groups in total. The van der Waals surface area contributed by atoms with Crippen LogP contribution in [0.2, 0.25) is 0 Å². The van der Waals surface area contributed by atoms with Crippen LogP contribution in [0.25, 0.3) is 0 Å². The molecule has 0 saturated heterocycles. The smallest absolute Gasteiger partial charge is 0.273 e. The topological polar surface area (TPSA) is 98.0 Å². The number of rotatable bonds is 5. The van der Waals surface area contributed by atoms with E-state index >= 15 is 0 Å².